The molecule has 0 unspecified atom stereocenters. The van der Waals surface area contributed by atoms with Crippen LogP contribution in [0.25, 0.3) is 10.8 Å². The fourth-order valence-electron chi connectivity index (χ4n) is 3.04. The zero-order valence-corrected chi connectivity index (χ0v) is 16.4. The zero-order chi connectivity index (χ0) is 18.7. The maximum atomic E-state index is 10.1. The maximum Gasteiger partial charge on any atom is 0.200 e. The highest BCUT2D eigenvalue weighted by molar-refractivity contribution is 5.92. The van der Waals surface area contributed by atoms with E-state index >= 15 is 0 Å². The van der Waals surface area contributed by atoms with Crippen molar-refractivity contribution in [2.24, 2.45) is 0 Å². The molecular formula is C20H22ClNO5. The van der Waals surface area contributed by atoms with E-state index in [1.54, 1.807) is 32.5 Å². The number of halogens is 1. The lowest BCUT2D eigenvalue weighted by Gasteiger charge is -2.14. The van der Waals surface area contributed by atoms with E-state index in [9.17, 15) is 5.11 Å². The Labute approximate surface area is 164 Å². The Morgan fingerprint density at radius 2 is 1.44 bits per heavy atom. The molecule has 0 bridgehead atoms. The second kappa shape index (κ2) is 8.68. The summed E-state index contributed by atoms with van der Waals surface area (Å²) >= 11 is 0. The van der Waals surface area contributed by atoms with Crippen LogP contribution in [0.5, 0.6) is 28.7 Å². The summed E-state index contributed by atoms with van der Waals surface area (Å²) in [5, 5.41) is 12.0. The van der Waals surface area contributed by atoms with Gasteiger partial charge in [-0.2, -0.15) is 0 Å². The predicted octanol–water partition coefficient (Wildman–Crippen LogP) is 3.99. The Morgan fingerprint density at radius 1 is 0.815 bits per heavy atom. The summed E-state index contributed by atoms with van der Waals surface area (Å²) in [6.07, 6.45) is 4.17. The summed E-state index contributed by atoms with van der Waals surface area (Å²) in [5.41, 5.74) is 1.94. The van der Waals surface area contributed by atoms with E-state index in [0.717, 1.165) is 21.9 Å². The van der Waals surface area contributed by atoms with E-state index in [4.69, 9.17) is 18.9 Å². The van der Waals surface area contributed by atoms with Gasteiger partial charge in [-0.15, -0.1) is 12.4 Å². The smallest absolute Gasteiger partial charge is 0.200 e. The van der Waals surface area contributed by atoms with Crippen LogP contribution in [0.4, 0.5) is 0 Å². The first kappa shape index (κ1) is 20.5. The van der Waals surface area contributed by atoms with Crippen molar-refractivity contribution in [2.45, 2.75) is 6.42 Å². The number of ether oxygens (including phenoxy) is 4. The number of phenolic OH excluding ortho intramolecular Hbond substituents is 1. The number of pyridine rings is 1. The van der Waals surface area contributed by atoms with E-state index in [1.807, 2.05) is 18.3 Å². The minimum Gasteiger partial charge on any atom is -0.502 e. The Morgan fingerprint density at radius 3 is 2.00 bits per heavy atom. The molecule has 1 N–H and O–H groups in total. The molecule has 0 amide bonds. The van der Waals surface area contributed by atoms with Gasteiger partial charge in [0, 0.05) is 17.8 Å². The molecule has 3 rings (SSSR count). The summed E-state index contributed by atoms with van der Waals surface area (Å²) in [6, 6.07) is 7.44. The third-order valence-electron chi connectivity index (χ3n) is 4.30. The monoisotopic (exact) mass is 391 g/mol. The van der Waals surface area contributed by atoms with Crippen molar-refractivity contribution in [1.82, 2.24) is 4.98 Å². The predicted molar refractivity (Wildman–Crippen MR) is 106 cm³/mol. The van der Waals surface area contributed by atoms with Gasteiger partial charge in [-0.1, -0.05) is 6.07 Å². The van der Waals surface area contributed by atoms with E-state index in [-0.39, 0.29) is 18.2 Å². The molecule has 144 valence electrons. The lowest BCUT2D eigenvalue weighted by atomic mass is 9.99. The molecule has 0 aliphatic rings. The van der Waals surface area contributed by atoms with Crippen molar-refractivity contribution in [1.29, 1.82) is 0 Å². The molecule has 0 saturated heterocycles. The zero-order valence-electron chi connectivity index (χ0n) is 15.6. The third-order valence-corrected chi connectivity index (χ3v) is 4.30. The highest BCUT2D eigenvalue weighted by Gasteiger charge is 2.15. The van der Waals surface area contributed by atoms with Gasteiger partial charge in [0.15, 0.2) is 23.0 Å². The molecule has 7 heteroatoms. The third kappa shape index (κ3) is 3.80. The van der Waals surface area contributed by atoms with Crippen LogP contribution >= 0.6 is 12.4 Å². The fraction of sp³-hybridized carbons (Fsp3) is 0.250. The van der Waals surface area contributed by atoms with Gasteiger partial charge >= 0.3 is 0 Å². The maximum absolute atomic E-state index is 10.1. The number of methoxy groups -OCH3 is 4. The summed E-state index contributed by atoms with van der Waals surface area (Å²) in [6.45, 7) is 0. The molecule has 0 spiro atoms. The van der Waals surface area contributed by atoms with Crippen LogP contribution in [0.3, 0.4) is 0 Å². The Bertz CT molecular complexity index is 920. The fourth-order valence-corrected chi connectivity index (χ4v) is 3.04. The topological polar surface area (TPSA) is 70.0 Å². The average Bonchev–Trinajstić information content (AvgIpc) is 2.68. The Balaban J connectivity index is 0.00000261. The standard InChI is InChI=1S/C20H21NO5.ClH/c1-23-16-6-5-14-13(10-21-11-15(14)20(16)26-4)7-12-8-17(24-2)19(22)18(9-12)25-3;/h5-6,8-11,22H,7H2,1-4H3;1H. The number of aromatic hydroxyl groups is 1. The number of rotatable bonds is 6. The Kier molecular flexibility index (Phi) is 6.58. The molecule has 6 nitrogen and oxygen atoms in total. The van der Waals surface area contributed by atoms with Crippen molar-refractivity contribution in [2.75, 3.05) is 28.4 Å². The van der Waals surface area contributed by atoms with Crippen LogP contribution in [0, 0.1) is 0 Å². The van der Waals surface area contributed by atoms with Crippen molar-refractivity contribution >= 4 is 23.2 Å². The van der Waals surface area contributed by atoms with Crippen LogP contribution in [0.1, 0.15) is 11.1 Å². The summed E-state index contributed by atoms with van der Waals surface area (Å²) in [5.74, 6) is 2.03. The van der Waals surface area contributed by atoms with Gasteiger partial charge in [-0.3, -0.25) is 4.98 Å². The van der Waals surface area contributed by atoms with Crippen LogP contribution in [-0.2, 0) is 6.42 Å². The molecule has 0 saturated carbocycles. The van der Waals surface area contributed by atoms with E-state index in [2.05, 4.69) is 4.98 Å². The number of aromatic nitrogens is 1. The highest BCUT2D eigenvalue weighted by Crippen LogP contribution is 2.39. The van der Waals surface area contributed by atoms with E-state index in [1.165, 1.54) is 14.2 Å². The van der Waals surface area contributed by atoms with E-state index in [0.29, 0.717) is 29.4 Å². The molecule has 3 aromatic rings. The second-order valence-corrected chi connectivity index (χ2v) is 5.72. The van der Waals surface area contributed by atoms with Gasteiger partial charge in [-0.25, -0.2) is 0 Å². The Hall–Kier alpha value is -2.86. The van der Waals surface area contributed by atoms with Crippen LogP contribution in [0.2, 0.25) is 0 Å². The minimum absolute atomic E-state index is 0. The molecule has 27 heavy (non-hydrogen) atoms. The van der Waals surface area contributed by atoms with Crippen LogP contribution in [-0.4, -0.2) is 38.5 Å². The van der Waals surface area contributed by atoms with Gasteiger partial charge in [-0.05, 0) is 41.1 Å². The number of hydrogen-bond acceptors (Lipinski definition) is 6. The van der Waals surface area contributed by atoms with E-state index < -0.39 is 0 Å². The van der Waals surface area contributed by atoms with Crippen LogP contribution in [0.15, 0.2) is 36.7 Å². The summed E-state index contributed by atoms with van der Waals surface area (Å²) in [4.78, 5) is 4.35. The molecule has 1 heterocycles. The van der Waals surface area contributed by atoms with Gasteiger partial charge < -0.3 is 24.1 Å². The summed E-state index contributed by atoms with van der Waals surface area (Å²) < 4.78 is 21.3. The van der Waals surface area contributed by atoms with Gasteiger partial charge in [0.25, 0.3) is 0 Å². The number of phenols is 1. The lowest BCUT2D eigenvalue weighted by Crippen LogP contribution is -1.97. The van der Waals surface area contributed by atoms with Crippen molar-refractivity contribution < 1.29 is 24.1 Å². The average molecular weight is 392 g/mol. The van der Waals surface area contributed by atoms with Crippen molar-refractivity contribution in [3.05, 3.63) is 47.8 Å². The SMILES string of the molecule is COc1cc(Cc2cncc3c(OC)c(OC)ccc23)cc(OC)c1O.Cl. The van der Waals surface area contributed by atoms with Crippen molar-refractivity contribution in [3.63, 3.8) is 0 Å². The lowest BCUT2D eigenvalue weighted by molar-refractivity contribution is 0.339. The van der Waals surface area contributed by atoms with Gasteiger partial charge in [0.05, 0.1) is 28.4 Å². The number of hydrogen-bond donors (Lipinski definition) is 1. The summed E-state index contributed by atoms with van der Waals surface area (Å²) in [7, 11) is 6.24. The largest absolute Gasteiger partial charge is 0.502 e. The molecule has 0 aliphatic heterocycles. The number of benzene rings is 2. The quantitative estimate of drug-likeness (QED) is 0.685. The molecule has 0 fully saturated rings. The van der Waals surface area contributed by atoms with Gasteiger partial charge in [0.1, 0.15) is 0 Å². The highest BCUT2D eigenvalue weighted by atomic mass is 35.5. The molecule has 0 aliphatic carbocycles. The normalized spacial score (nSPS) is 10.2. The van der Waals surface area contributed by atoms with Crippen molar-refractivity contribution in [3.8, 4) is 28.7 Å². The molecule has 1 aromatic heterocycles. The molecule has 2 aromatic carbocycles. The van der Waals surface area contributed by atoms with Crippen LogP contribution < -0.4 is 18.9 Å². The number of nitrogens with zero attached hydrogens (tertiary/aromatic N) is 1. The number of fused-ring (bicyclic) bond motifs is 1. The first-order chi connectivity index (χ1) is 12.6. The minimum atomic E-state index is -0.0128. The first-order valence-electron chi connectivity index (χ1n) is 8.04. The first-order valence-corrected chi connectivity index (χ1v) is 8.04. The van der Waals surface area contributed by atoms with Gasteiger partial charge in [0.2, 0.25) is 5.75 Å². The second-order valence-electron chi connectivity index (χ2n) is 5.72. The molecule has 0 radical (unpaired) electrons. The molecular weight excluding hydrogens is 370 g/mol. The molecule has 0 atom stereocenters.